The molecule has 6 nitrogen and oxygen atoms in total. The van der Waals surface area contributed by atoms with E-state index in [0.717, 1.165) is 0 Å². The average molecular weight is 194 g/mol. The van der Waals surface area contributed by atoms with Crippen LogP contribution in [0, 0.1) is 0 Å². The van der Waals surface area contributed by atoms with Gasteiger partial charge in [-0.3, -0.25) is 0 Å². The molecule has 0 aliphatic carbocycles. The number of aliphatic hydroxyl groups excluding tert-OH is 4. The van der Waals surface area contributed by atoms with Crippen LogP contribution in [0.5, 0.6) is 0 Å². The maximum absolute atomic E-state index is 9.28. The second-order valence-corrected chi connectivity index (χ2v) is 2.93. The first kappa shape index (κ1) is 10.8. The summed E-state index contributed by atoms with van der Waals surface area (Å²) in [6.07, 6.45) is -5.91. The molecule has 1 fully saturated rings. The third kappa shape index (κ3) is 1.98. The van der Waals surface area contributed by atoms with Crippen LogP contribution < -0.4 is 0 Å². The Kier molecular flexibility index (Phi) is 3.60. The van der Waals surface area contributed by atoms with Crippen molar-refractivity contribution < 1.29 is 29.9 Å². The molecular formula is C7H14O6. The fourth-order valence-electron chi connectivity index (χ4n) is 1.26. The van der Waals surface area contributed by atoms with Gasteiger partial charge in [0.2, 0.25) is 0 Å². The van der Waals surface area contributed by atoms with E-state index in [-0.39, 0.29) is 0 Å². The Bertz CT molecular complexity index is 143. The molecule has 0 spiro atoms. The fourth-order valence-corrected chi connectivity index (χ4v) is 1.26. The summed E-state index contributed by atoms with van der Waals surface area (Å²) in [6, 6.07) is 0. The van der Waals surface area contributed by atoms with Crippen molar-refractivity contribution in [2.75, 3.05) is 13.7 Å². The summed E-state index contributed by atoms with van der Waals surface area (Å²) in [5, 5.41) is 36.6. The van der Waals surface area contributed by atoms with Crippen LogP contribution in [0.15, 0.2) is 0 Å². The molecule has 3 unspecified atom stereocenters. The summed E-state index contributed by atoms with van der Waals surface area (Å²) in [4.78, 5) is 0. The van der Waals surface area contributed by atoms with Crippen LogP contribution in [-0.4, -0.2) is 64.8 Å². The number of methoxy groups -OCH3 is 1. The maximum atomic E-state index is 9.28. The molecule has 0 aromatic carbocycles. The van der Waals surface area contributed by atoms with E-state index in [0.29, 0.717) is 0 Å². The van der Waals surface area contributed by atoms with Gasteiger partial charge >= 0.3 is 0 Å². The normalized spacial score (nSPS) is 46.4. The van der Waals surface area contributed by atoms with Gasteiger partial charge in [0.1, 0.15) is 24.4 Å². The molecule has 0 amide bonds. The van der Waals surface area contributed by atoms with Crippen molar-refractivity contribution in [1.29, 1.82) is 0 Å². The molecule has 5 atom stereocenters. The summed E-state index contributed by atoms with van der Waals surface area (Å²) in [5.41, 5.74) is 0. The first-order chi connectivity index (χ1) is 6.11. The van der Waals surface area contributed by atoms with Crippen molar-refractivity contribution in [3.63, 3.8) is 0 Å². The Morgan fingerprint density at radius 3 is 2.23 bits per heavy atom. The van der Waals surface area contributed by atoms with Gasteiger partial charge in [-0.25, -0.2) is 0 Å². The van der Waals surface area contributed by atoms with Gasteiger partial charge in [-0.1, -0.05) is 0 Å². The fraction of sp³-hybridized carbons (Fsp3) is 1.00. The average Bonchev–Trinajstić information content (AvgIpc) is 2.15. The maximum Gasteiger partial charge on any atom is 0.186 e. The zero-order valence-electron chi connectivity index (χ0n) is 7.20. The van der Waals surface area contributed by atoms with E-state index < -0.39 is 37.3 Å². The minimum Gasteiger partial charge on any atom is -0.394 e. The van der Waals surface area contributed by atoms with E-state index in [1.165, 1.54) is 7.11 Å². The van der Waals surface area contributed by atoms with Gasteiger partial charge in [0, 0.05) is 7.11 Å². The smallest absolute Gasteiger partial charge is 0.186 e. The zero-order valence-corrected chi connectivity index (χ0v) is 7.20. The molecule has 1 aliphatic heterocycles. The molecule has 6 heteroatoms. The second-order valence-electron chi connectivity index (χ2n) is 2.93. The highest BCUT2D eigenvalue weighted by Crippen LogP contribution is 2.20. The number of hydrogen-bond donors (Lipinski definition) is 4. The van der Waals surface area contributed by atoms with E-state index in [2.05, 4.69) is 0 Å². The van der Waals surface area contributed by atoms with Crippen molar-refractivity contribution >= 4 is 0 Å². The molecule has 0 aromatic heterocycles. The van der Waals surface area contributed by atoms with Crippen molar-refractivity contribution in [1.82, 2.24) is 0 Å². The quantitative estimate of drug-likeness (QED) is 0.386. The third-order valence-corrected chi connectivity index (χ3v) is 2.08. The van der Waals surface area contributed by atoms with Gasteiger partial charge < -0.3 is 29.9 Å². The highest BCUT2D eigenvalue weighted by Gasteiger charge is 2.43. The first-order valence-corrected chi connectivity index (χ1v) is 3.95. The van der Waals surface area contributed by atoms with Crippen LogP contribution in [0.2, 0.25) is 0 Å². The van der Waals surface area contributed by atoms with Crippen LogP contribution in [0.1, 0.15) is 0 Å². The highest BCUT2D eigenvalue weighted by atomic mass is 16.7. The largest absolute Gasteiger partial charge is 0.394 e. The molecule has 78 valence electrons. The SMILES string of the molecule is COC1OC(CO)[C@H](O)C(O)[C@H]1O. The second kappa shape index (κ2) is 4.32. The monoisotopic (exact) mass is 194 g/mol. The van der Waals surface area contributed by atoms with E-state index in [9.17, 15) is 15.3 Å². The highest BCUT2D eigenvalue weighted by molar-refractivity contribution is 4.88. The summed E-state index contributed by atoms with van der Waals surface area (Å²) in [7, 11) is 1.30. The molecule has 13 heavy (non-hydrogen) atoms. The Labute approximate surface area is 75.3 Å². The van der Waals surface area contributed by atoms with E-state index in [1.807, 2.05) is 0 Å². The number of rotatable bonds is 2. The van der Waals surface area contributed by atoms with Crippen LogP contribution in [-0.2, 0) is 9.47 Å². The van der Waals surface area contributed by atoms with Crippen molar-refractivity contribution in [2.45, 2.75) is 30.7 Å². The van der Waals surface area contributed by atoms with Crippen LogP contribution >= 0.6 is 0 Å². The molecule has 4 N–H and O–H groups in total. The van der Waals surface area contributed by atoms with Gasteiger partial charge in [-0.05, 0) is 0 Å². The number of hydrogen-bond acceptors (Lipinski definition) is 6. The van der Waals surface area contributed by atoms with E-state index in [1.54, 1.807) is 0 Å². The molecular weight excluding hydrogens is 180 g/mol. The predicted molar refractivity (Wildman–Crippen MR) is 40.8 cm³/mol. The summed E-state index contributed by atoms with van der Waals surface area (Å²) in [6.45, 7) is -0.440. The number of ether oxygens (including phenoxy) is 2. The lowest BCUT2D eigenvalue weighted by molar-refractivity contribution is -0.294. The van der Waals surface area contributed by atoms with Crippen LogP contribution in [0.25, 0.3) is 0 Å². The van der Waals surface area contributed by atoms with Crippen molar-refractivity contribution in [3.8, 4) is 0 Å². The molecule has 1 rings (SSSR count). The summed E-state index contributed by atoms with van der Waals surface area (Å²) in [5.74, 6) is 0. The topological polar surface area (TPSA) is 99.4 Å². The van der Waals surface area contributed by atoms with E-state index >= 15 is 0 Å². The van der Waals surface area contributed by atoms with Gasteiger partial charge in [0.05, 0.1) is 6.61 Å². The molecule has 0 bridgehead atoms. The van der Waals surface area contributed by atoms with E-state index in [4.69, 9.17) is 14.6 Å². The molecule has 1 heterocycles. The minimum atomic E-state index is -1.36. The molecule has 0 aromatic rings. The molecule has 1 saturated heterocycles. The third-order valence-electron chi connectivity index (χ3n) is 2.08. The Morgan fingerprint density at radius 1 is 1.15 bits per heavy atom. The van der Waals surface area contributed by atoms with Crippen LogP contribution in [0.4, 0.5) is 0 Å². The zero-order chi connectivity index (χ0) is 10.0. The molecule has 1 aliphatic rings. The Hall–Kier alpha value is -0.240. The van der Waals surface area contributed by atoms with Crippen molar-refractivity contribution in [2.24, 2.45) is 0 Å². The van der Waals surface area contributed by atoms with Gasteiger partial charge in [0.15, 0.2) is 6.29 Å². The first-order valence-electron chi connectivity index (χ1n) is 3.95. The Balaban J connectivity index is 2.66. The predicted octanol–water partition coefficient (Wildman–Crippen LogP) is -2.57. The standard InChI is InChI=1S/C7H14O6/c1-12-7-6(11)5(10)4(9)3(2-8)13-7/h3-11H,2H2,1H3/t3?,4-,5?,6+,7?/m0/s1. The minimum absolute atomic E-state index is 0.440. The molecule has 0 saturated carbocycles. The number of aliphatic hydroxyl groups is 4. The van der Waals surface area contributed by atoms with Crippen LogP contribution in [0.3, 0.4) is 0 Å². The summed E-state index contributed by atoms with van der Waals surface area (Å²) < 4.78 is 9.65. The van der Waals surface area contributed by atoms with Gasteiger partial charge in [-0.15, -0.1) is 0 Å². The van der Waals surface area contributed by atoms with Crippen molar-refractivity contribution in [3.05, 3.63) is 0 Å². The lowest BCUT2D eigenvalue weighted by atomic mass is 9.99. The lowest BCUT2D eigenvalue weighted by Crippen LogP contribution is -2.58. The van der Waals surface area contributed by atoms with Gasteiger partial charge in [0.25, 0.3) is 0 Å². The Morgan fingerprint density at radius 2 is 1.77 bits per heavy atom. The van der Waals surface area contributed by atoms with Gasteiger partial charge in [-0.2, -0.15) is 0 Å². The molecule has 0 radical (unpaired) electrons. The lowest BCUT2D eigenvalue weighted by Gasteiger charge is -2.38. The summed E-state index contributed by atoms with van der Waals surface area (Å²) >= 11 is 0.